The molecule has 0 spiro atoms. The molecule has 31 heavy (non-hydrogen) atoms. The van der Waals surface area contributed by atoms with Gasteiger partial charge in [0.1, 0.15) is 5.76 Å². The Bertz CT molecular complexity index is 959. The molecule has 0 fully saturated rings. The van der Waals surface area contributed by atoms with Crippen molar-refractivity contribution in [1.29, 1.82) is 0 Å². The number of ether oxygens (including phenoxy) is 2. The summed E-state index contributed by atoms with van der Waals surface area (Å²) in [5, 5.41) is 2.83. The average Bonchev–Trinajstić information content (AvgIpc) is 3.31. The van der Waals surface area contributed by atoms with E-state index in [1.807, 2.05) is 48.5 Å². The van der Waals surface area contributed by atoms with Crippen molar-refractivity contribution in [2.24, 2.45) is 0 Å². The maximum Gasteiger partial charge on any atom is 0.258 e. The lowest BCUT2D eigenvalue weighted by Crippen LogP contribution is -2.45. The number of hydrogen-bond acceptors (Lipinski definition) is 6. The van der Waals surface area contributed by atoms with E-state index in [4.69, 9.17) is 13.9 Å². The molecule has 0 aliphatic carbocycles. The molecule has 0 aliphatic heterocycles. The Kier molecular flexibility index (Phi) is 8.60. The summed E-state index contributed by atoms with van der Waals surface area (Å²) in [5.74, 6) is 2.28. The van der Waals surface area contributed by atoms with Gasteiger partial charge in [-0.3, -0.25) is 9.59 Å². The summed E-state index contributed by atoms with van der Waals surface area (Å²) in [5.41, 5.74) is 0.975. The first-order valence-corrected chi connectivity index (χ1v) is 11.0. The van der Waals surface area contributed by atoms with Gasteiger partial charge in [-0.15, -0.1) is 11.8 Å². The molecule has 6 nitrogen and oxygen atoms in total. The summed E-state index contributed by atoms with van der Waals surface area (Å²) in [6.45, 7) is -0.210. The van der Waals surface area contributed by atoms with Crippen molar-refractivity contribution < 1.29 is 23.5 Å². The fourth-order valence-corrected chi connectivity index (χ4v) is 3.83. The van der Waals surface area contributed by atoms with Crippen LogP contribution in [0.25, 0.3) is 0 Å². The van der Waals surface area contributed by atoms with Crippen LogP contribution >= 0.6 is 11.8 Å². The van der Waals surface area contributed by atoms with Gasteiger partial charge in [0.2, 0.25) is 0 Å². The lowest BCUT2D eigenvalue weighted by atomic mass is 10.0. The number of carbonyl (C=O) groups excluding carboxylic acids is 2. The van der Waals surface area contributed by atoms with E-state index >= 15 is 0 Å². The third-order valence-electron chi connectivity index (χ3n) is 4.50. The van der Waals surface area contributed by atoms with E-state index in [1.54, 1.807) is 24.5 Å². The topological polar surface area (TPSA) is 77.8 Å². The quantitative estimate of drug-likeness (QED) is 0.461. The fourth-order valence-electron chi connectivity index (χ4n) is 2.96. The van der Waals surface area contributed by atoms with Crippen LogP contribution in [-0.2, 0) is 21.8 Å². The van der Waals surface area contributed by atoms with Crippen molar-refractivity contribution in [3.8, 4) is 11.5 Å². The van der Waals surface area contributed by atoms with Gasteiger partial charge in [0.05, 0.1) is 30.9 Å². The van der Waals surface area contributed by atoms with Crippen LogP contribution in [0.2, 0.25) is 0 Å². The molecule has 162 valence electrons. The Morgan fingerprint density at radius 3 is 2.45 bits per heavy atom. The lowest BCUT2D eigenvalue weighted by Gasteiger charge is -2.18. The number of thioether (sulfide) groups is 1. The van der Waals surface area contributed by atoms with Crippen molar-refractivity contribution in [3.63, 3.8) is 0 Å². The minimum atomic E-state index is -0.639. The number of Topliss-reactive ketones (excluding diaryl/α,β-unsaturated/α-hetero) is 1. The van der Waals surface area contributed by atoms with Crippen LogP contribution in [0, 0.1) is 0 Å². The molecular formula is C24H25NO5S. The number of rotatable bonds is 12. The van der Waals surface area contributed by atoms with Crippen molar-refractivity contribution >= 4 is 23.5 Å². The van der Waals surface area contributed by atoms with Crippen molar-refractivity contribution in [1.82, 2.24) is 5.32 Å². The third-order valence-corrected chi connectivity index (χ3v) is 5.48. The minimum Gasteiger partial charge on any atom is -0.493 e. The van der Waals surface area contributed by atoms with Crippen LogP contribution in [0.5, 0.6) is 11.5 Å². The molecule has 3 aromatic rings. The summed E-state index contributed by atoms with van der Waals surface area (Å²) < 4.78 is 16.1. The van der Waals surface area contributed by atoms with Crippen LogP contribution in [0.3, 0.4) is 0 Å². The van der Waals surface area contributed by atoms with Gasteiger partial charge < -0.3 is 19.2 Å². The molecule has 7 heteroatoms. The predicted octanol–water partition coefficient (Wildman–Crippen LogP) is 3.90. The zero-order chi connectivity index (χ0) is 21.9. The minimum absolute atomic E-state index is 0.0500. The molecular weight excluding hydrogens is 414 g/mol. The van der Waals surface area contributed by atoms with Crippen LogP contribution in [0.15, 0.2) is 77.4 Å². The SMILES string of the molecule is COc1ccccc1OCC(=O)N[C@@H](Cc1ccccc1)C(=O)CSCc1ccco1. The Morgan fingerprint density at radius 1 is 1.00 bits per heavy atom. The van der Waals surface area contributed by atoms with Gasteiger partial charge >= 0.3 is 0 Å². The largest absolute Gasteiger partial charge is 0.493 e. The van der Waals surface area contributed by atoms with Crippen molar-refractivity contribution in [2.75, 3.05) is 19.5 Å². The molecule has 2 aromatic carbocycles. The van der Waals surface area contributed by atoms with E-state index in [-0.39, 0.29) is 24.1 Å². The van der Waals surface area contributed by atoms with E-state index in [0.717, 1.165) is 11.3 Å². The number of nitrogens with one attached hydrogen (secondary N) is 1. The Morgan fingerprint density at radius 2 is 1.74 bits per heavy atom. The zero-order valence-electron chi connectivity index (χ0n) is 17.3. The van der Waals surface area contributed by atoms with Crippen molar-refractivity contribution in [2.45, 2.75) is 18.2 Å². The zero-order valence-corrected chi connectivity index (χ0v) is 18.1. The highest BCUT2D eigenvalue weighted by molar-refractivity contribution is 7.99. The van der Waals surface area contributed by atoms with Crippen molar-refractivity contribution in [3.05, 3.63) is 84.3 Å². The summed E-state index contributed by atoms with van der Waals surface area (Å²) in [4.78, 5) is 25.4. The van der Waals surface area contributed by atoms with Gasteiger partial charge in [0.25, 0.3) is 5.91 Å². The van der Waals surface area contributed by atoms with Gasteiger partial charge in [-0.2, -0.15) is 0 Å². The summed E-state index contributed by atoms with van der Waals surface area (Å²) in [6.07, 6.45) is 2.03. The van der Waals surface area contributed by atoms with Gasteiger partial charge in [-0.05, 0) is 36.2 Å². The van der Waals surface area contributed by atoms with E-state index in [1.165, 1.54) is 18.9 Å². The van der Waals surface area contributed by atoms with E-state index in [2.05, 4.69) is 5.32 Å². The highest BCUT2D eigenvalue weighted by Gasteiger charge is 2.22. The molecule has 0 aliphatic rings. The molecule has 1 heterocycles. The number of methoxy groups -OCH3 is 1. The van der Waals surface area contributed by atoms with E-state index < -0.39 is 6.04 Å². The van der Waals surface area contributed by atoms with Crippen LogP contribution in [0.4, 0.5) is 0 Å². The highest BCUT2D eigenvalue weighted by Crippen LogP contribution is 2.25. The smallest absolute Gasteiger partial charge is 0.258 e. The van der Waals surface area contributed by atoms with Crippen LogP contribution in [-0.4, -0.2) is 37.2 Å². The number of furan rings is 1. The number of para-hydroxylation sites is 2. The monoisotopic (exact) mass is 439 g/mol. The number of amides is 1. The third kappa shape index (κ3) is 7.22. The summed E-state index contributed by atoms with van der Waals surface area (Å²) in [6, 6.07) is 19.8. The van der Waals surface area contributed by atoms with Crippen LogP contribution in [0.1, 0.15) is 11.3 Å². The molecule has 3 rings (SSSR count). The van der Waals surface area contributed by atoms with E-state index in [0.29, 0.717) is 23.7 Å². The summed E-state index contributed by atoms with van der Waals surface area (Å²) in [7, 11) is 1.54. The average molecular weight is 440 g/mol. The van der Waals surface area contributed by atoms with Gasteiger partial charge in [0, 0.05) is 0 Å². The Balaban J connectivity index is 1.58. The van der Waals surface area contributed by atoms with Crippen LogP contribution < -0.4 is 14.8 Å². The second kappa shape index (κ2) is 11.9. The first-order valence-electron chi connectivity index (χ1n) is 9.87. The molecule has 0 saturated carbocycles. The molecule has 0 bridgehead atoms. The lowest BCUT2D eigenvalue weighted by molar-refractivity contribution is -0.128. The molecule has 1 N–H and O–H groups in total. The Labute approximate surface area is 185 Å². The molecule has 1 aromatic heterocycles. The maximum atomic E-state index is 12.9. The maximum absolute atomic E-state index is 12.9. The fraction of sp³-hybridized carbons (Fsp3) is 0.250. The van der Waals surface area contributed by atoms with E-state index in [9.17, 15) is 9.59 Å². The highest BCUT2D eigenvalue weighted by atomic mass is 32.2. The predicted molar refractivity (Wildman–Crippen MR) is 120 cm³/mol. The molecule has 0 unspecified atom stereocenters. The Hall–Kier alpha value is -3.19. The number of carbonyl (C=O) groups is 2. The molecule has 0 saturated heterocycles. The second-order valence-corrected chi connectivity index (χ2v) is 7.77. The number of hydrogen-bond donors (Lipinski definition) is 1. The van der Waals surface area contributed by atoms with Gasteiger partial charge in [-0.25, -0.2) is 0 Å². The van der Waals surface area contributed by atoms with Gasteiger partial charge in [0.15, 0.2) is 23.9 Å². The molecule has 1 amide bonds. The molecule has 0 radical (unpaired) electrons. The normalized spacial score (nSPS) is 11.5. The summed E-state index contributed by atoms with van der Waals surface area (Å²) >= 11 is 1.46. The number of ketones is 1. The van der Waals surface area contributed by atoms with Gasteiger partial charge in [-0.1, -0.05) is 42.5 Å². The first kappa shape index (κ1) is 22.5. The first-order chi connectivity index (χ1) is 15.2. The standard InChI is InChI=1S/C24H25NO5S/c1-28-22-11-5-6-12-23(22)30-15-24(27)25-20(14-18-8-3-2-4-9-18)21(26)17-31-16-19-10-7-13-29-19/h2-13,20H,14-17H2,1H3,(H,25,27)/t20-/m0/s1. The number of benzene rings is 2. The second-order valence-electron chi connectivity index (χ2n) is 6.79. The molecule has 1 atom stereocenters.